The van der Waals surface area contributed by atoms with E-state index in [1.807, 2.05) is 0 Å². The molecule has 0 spiro atoms. The van der Waals surface area contributed by atoms with Crippen molar-refractivity contribution in [1.82, 2.24) is 0 Å². The molecule has 0 radical (unpaired) electrons. The molecule has 0 aliphatic carbocycles. The van der Waals surface area contributed by atoms with E-state index in [1.54, 1.807) is 0 Å². The quantitative estimate of drug-likeness (QED) is 0.767. The van der Waals surface area contributed by atoms with Gasteiger partial charge in [-0.1, -0.05) is 6.07 Å². The summed E-state index contributed by atoms with van der Waals surface area (Å²) in [5.41, 5.74) is 4.67. The number of hydrogen-bond donors (Lipinski definition) is 1. The van der Waals surface area contributed by atoms with Gasteiger partial charge in [-0.3, -0.25) is 4.79 Å². The Morgan fingerprint density at radius 1 is 1.44 bits per heavy atom. The highest BCUT2D eigenvalue weighted by Crippen LogP contribution is 2.42. The Morgan fingerprint density at radius 2 is 2.11 bits per heavy atom. The van der Waals surface area contributed by atoms with Crippen molar-refractivity contribution in [1.29, 1.82) is 0 Å². The smallest absolute Gasteiger partial charge is 0.420 e. The first-order valence-electron chi connectivity index (χ1n) is 5.18. The second-order valence-corrected chi connectivity index (χ2v) is 3.97. The molecule has 1 aliphatic rings. The fraction of sp³-hybridized carbons (Fsp3) is 0.364. The van der Waals surface area contributed by atoms with Crippen LogP contribution in [0.15, 0.2) is 18.2 Å². The lowest BCUT2D eigenvalue weighted by Crippen LogP contribution is -2.43. The van der Waals surface area contributed by atoms with Gasteiger partial charge in [0.1, 0.15) is 12.6 Å². The Bertz CT molecular complexity index is 488. The van der Waals surface area contributed by atoms with Crippen LogP contribution in [-0.2, 0) is 11.0 Å². The topological polar surface area (TPSA) is 55.6 Å². The predicted octanol–water partition coefficient (Wildman–Crippen LogP) is 1.39. The van der Waals surface area contributed by atoms with Gasteiger partial charge in [-0.25, -0.2) is 0 Å². The minimum atomic E-state index is -4.54. The number of anilines is 1. The van der Waals surface area contributed by atoms with Gasteiger partial charge in [-0.2, -0.15) is 13.2 Å². The minimum Gasteiger partial charge on any atom is -0.489 e. The highest BCUT2D eigenvalue weighted by atomic mass is 19.4. The average molecular weight is 260 g/mol. The van der Waals surface area contributed by atoms with E-state index in [9.17, 15) is 18.0 Å². The molecule has 0 aromatic heterocycles. The molecular formula is C11H11F3N2O2. The van der Waals surface area contributed by atoms with Crippen molar-refractivity contribution >= 4 is 11.6 Å². The first-order valence-corrected chi connectivity index (χ1v) is 5.18. The van der Waals surface area contributed by atoms with Gasteiger partial charge in [0.25, 0.3) is 0 Å². The monoisotopic (exact) mass is 260 g/mol. The summed E-state index contributed by atoms with van der Waals surface area (Å²) in [6, 6.07) is 2.56. The molecule has 0 saturated heterocycles. The maximum Gasteiger partial charge on any atom is 0.420 e. The van der Waals surface area contributed by atoms with Gasteiger partial charge >= 0.3 is 6.18 Å². The molecule has 0 saturated carbocycles. The summed E-state index contributed by atoms with van der Waals surface area (Å²) in [5.74, 6) is -0.832. The first-order chi connectivity index (χ1) is 8.32. The second-order valence-electron chi connectivity index (χ2n) is 3.97. The summed E-state index contributed by atoms with van der Waals surface area (Å²) in [4.78, 5) is 12.8. The number of hydrogen-bond acceptors (Lipinski definition) is 3. The molecule has 2 N–H and O–H groups in total. The predicted molar refractivity (Wildman–Crippen MR) is 58.3 cm³/mol. The third-order valence-corrected chi connectivity index (χ3v) is 2.72. The first kappa shape index (κ1) is 12.7. The molecule has 1 amide bonds. The van der Waals surface area contributed by atoms with Gasteiger partial charge in [0.15, 0.2) is 5.75 Å². The molecule has 0 fully saturated rings. The number of carbonyl (C=O) groups is 1. The van der Waals surface area contributed by atoms with Gasteiger partial charge in [0.05, 0.1) is 11.3 Å². The largest absolute Gasteiger partial charge is 0.489 e. The average Bonchev–Trinajstić information content (AvgIpc) is 2.41. The Morgan fingerprint density at radius 3 is 2.72 bits per heavy atom. The molecular weight excluding hydrogens is 249 g/mol. The third-order valence-electron chi connectivity index (χ3n) is 2.72. The van der Waals surface area contributed by atoms with Crippen LogP contribution in [0.2, 0.25) is 0 Å². The van der Waals surface area contributed by atoms with Crippen LogP contribution in [0.1, 0.15) is 5.56 Å². The molecule has 18 heavy (non-hydrogen) atoms. The lowest BCUT2D eigenvalue weighted by Gasteiger charge is -2.19. The standard InChI is InChI=1S/C11H11F3N2O2/c1-16-8-4-2-3-6(11(12,13)14)9(8)18-5-7(15)10(16)17/h2-4,7H,5,15H2,1H3/t7-/m0/s1. The van der Waals surface area contributed by atoms with E-state index in [0.29, 0.717) is 0 Å². The van der Waals surface area contributed by atoms with Crippen molar-refractivity contribution in [2.24, 2.45) is 5.73 Å². The van der Waals surface area contributed by atoms with E-state index in [0.717, 1.165) is 11.0 Å². The van der Waals surface area contributed by atoms with E-state index in [-0.39, 0.29) is 18.0 Å². The third kappa shape index (κ3) is 2.01. The number of likely N-dealkylation sites (N-methyl/N-ethyl adjacent to an activating group) is 1. The zero-order valence-electron chi connectivity index (χ0n) is 9.49. The Balaban J connectivity index is 2.58. The van der Waals surface area contributed by atoms with E-state index >= 15 is 0 Å². The zero-order chi connectivity index (χ0) is 13.5. The summed E-state index contributed by atoms with van der Waals surface area (Å²) in [7, 11) is 1.37. The molecule has 1 aromatic carbocycles. The number of amides is 1. The summed E-state index contributed by atoms with van der Waals surface area (Å²) in [5, 5.41) is 0. The van der Waals surface area contributed by atoms with Crippen molar-refractivity contribution in [3.05, 3.63) is 23.8 Å². The SMILES string of the molecule is CN1C(=O)[C@@H](N)COc2c1cccc2C(F)(F)F. The molecule has 98 valence electrons. The number of ether oxygens (including phenoxy) is 1. The number of carbonyl (C=O) groups excluding carboxylic acids is 1. The molecule has 7 heteroatoms. The molecule has 0 unspecified atom stereocenters. The fourth-order valence-corrected chi connectivity index (χ4v) is 1.78. The molecule has 2 rings (SSSR count). The summed E-state index contributed by atoms with van der Waals surface area (Å²) >= 11 is 0. The van der Waals surface area contributed by atoms with Gasteiger partial charge in [0, 0.05) is 7.05 Å². The maximum absolute atomic E-state index is 12.8. The van der Waals surface area contributed by atoms with Gasteiger partial charge < -0.3 is 15.4 Å². The second kappa shape index (κ2) is 4.16. The number of alkyl halides is 3. The lowest BCUT2D eigenvalue weighted by atomic mass is 10.1. The number of para-hydroxylation sites is 1. The fourth-order valence-electron chi connectivity index (χ4n) is 1.78. The van der Waals surface area contributed by atoms with Crippen LogP contribution in [0.3, 0.4) is 0 Å². The highest BCUT2D eigenvalue weighted by Gasteiger charge is 2.38. The van der Waals surface area contributed by atoms with E-state index in [4.69, 9.17) is 10.5 Å². The number of nitrogens with zero attached hydrogens (tertiary/aromatic N) is 1. The van der Waals surface area contributed by atoms with Crippen molar-refractivity contribution in [3.8, 4) is 5.75 Å². The van der Waals surface area contributed by atoms with Crippen LogP contribution in [0.4, 0.5) is 18.9 Å². The van der Waals surface area contributed by atoms with Crippen molar-refractivity contribution in [3.63, 3.8) is 0 Å². The Labute approximate surface area is 101 Å². The van der Waals surface area contributed by atoms with Crippen LogP contribution in [0.5, 0.6) is 5.75 Å². The van der Waals surface area contributed by atoms with Crippen LogP contribution < -0.4 is 15.4 Å². The number of rotatable bonds is 0. The van der Waals surface area contributed by atoms with Crippen molar-refractivity contribution in [2.75, 3.05) is 18.6 Å². The zero-order valence-corrected chi connectivity index (χ0v) is 9.49. The van der Waals surface area contributed by atoms with E-state index in [1.165, 1.54) is 19.2 Å². The van der Waals surface area contributed by atoms with Gasteiger partial charge in [-0.05, 0) is 12.1 Å². The van der Waals surface area contributed by atoms with Crippen molar-refractivity contribution in [2.45, 2.75) is 12.2 Å². The number of fused-ring (bicyclic) bond motifs is 1. The van der Waals surface area contributed by atoms with E-state index < -0.39 is 23.7 Å². The Kier molecular flexibility index (Phi) is 2.94. The molecule has 4 nitrogen and oxygen atoms in total. The summed E-state index contributed by atoms with van der Waals surface area (Å²) in [6.07, 6.45) is -4.54. The molecule has 1 atom stereocenters. The maximum atomic E-state index is 12.8. The number of nitrogens with two attached hydrogens (primary N) is 1. The van der Waals surface area contributed by atoms with E-state index in [2.05, 4.69) is 0 Å². The lowest BCUT2D eigenvalue weighted by molar-refractivity contribution is -0.138. The Hall–Kier alpha value is -1.76. The van der Waals surface area contributed by atoms with Gasteiger partial charge in [-0.15, -0.1) is 0 Å². The van der Waals surface area contributed by atoms with Crippen LogP contribution in [-0.4, -0.2) is 25.6 Å². The van der Waals surface area contributed by atoms with Crippen LogP contribution >= 0.6 is 0 Å². The summed E-state index contributed by atoms with van der Waals surface area (Å²) < 4.78 is 43.5. The van der Waals surface area contributed by atoms with Gasteiger partial charge in [0.2, 0.25) is 5.91 Å². The highest BCUT2D eigenvalue weighted by molar-refractivity contribution is 5.98. The van der Waals surface area contributed by atoms with Crippen molar-refractivity contribution < 1.29 is 22.7 Å². The minimum absolute atomic E-state index is 0.0720. The van der Waals surface area contributed by atoms with Crippen LogP contribution in [0.25, 0.3) is 0 Å². The summed E-state index contributed by atoms with van der Waals surface area (Å²) in [6.45, 7) is -0.275. The normalized spacial score (nSPS) is 20.2. The number of benzene rings is 1. The molecule has 1 heterocycles. The van der Waals surface area contributed by atoms with Crippen LogP contribution in [0, 0.1) is 0 Å². The number of halogens is 3. The molecule has 0 bridgehead atoms. The molecule has 1 aromatic rings. The molecule has 1 aliphatic heterocycles.